The van der Waals surface area contributed by atoms with Crippen LogP contribution in [0, 0.1) is 11.6 Å². The fraction of sp³-hybridized carbons (Fsp3) is 0.364. The molecule has 186 valence electrons. The SMILES string of the molecule is CC(C)NC(=O)C(C)N(Cc1ccc(Cl)cc1Cl)C(=O)CN(c1ccc(F)c(F)c1)S(C)(=O)=O. The molecule has 0 heterocycles. The van der Waals surface area contributed by atoms with E-state index in [1.54, 1.807) is 26.0 Å². The zero-order valence-electron chi connectivity index (χ0n) is 19.0. The minimum Gasteiger partial charge on any atom is -0.352 e. The van der Waals surface area contributed by atoms with E-state index in [0.29, 0.717) is 21.0 Å². The lowest BCUT2D eigenvalue weighted by molar-refractivity contribution is -0.139. The lowest BCUT2D eigenvalue weighted by Crippen LogP contribution is -2.52. The van der Waals surface area contributed by atoms with Crippen molar-refractivity contribution in [3.63, 3.8) is 0 Å². The van der Waals surface area contributed by atoms with Crippen molar-refractivity contribution in [1.82, 2.24) is 10.2 Å². The molecule has 0 spiro atoms. The van der Waals surface area contributed by atoms with E-state index in [4.69, 9.17) is 23.2 Å². The molecular formula is C22H25Cl2F2N3O4S. The molecule has 1 N–H and O–H groups in total. The van der Waals surface area contributed by atoms with Crippen LogP contribution >= 0.6 is 23.2 Å². The van der Waals surface area contributed by atoms with E-state index in [-0.39, 0.29) is 23.3 Å². The summed E-state index contributed by atoms with van der Waals surface area (Å²) in [7, 11) is -4.08. The highest BCUT2D eigenvalue weighted by molar-refractivity contribution is 7.92. The number of rotatable bonds is 9. The first-order valence-corrected chi connectivity index (χ1v) is 12.8. The Bertz CT molecular complexity index is 1180. The van der Waals surface area contributed by atoms with Gasteiger partial charge in [-0.1, -0.05) is 29.3 Å². The van der Waals surface area contributed by atoms with Crippen LogP contribution in [0.4, 0.5) is 14.5 Å². The molecule has 1 atom stereocenters. The molecule has 1 unspecified atom stereocenters. The van der Waals surface area contributed by atoms with Gasteiger partial charge >= 0.3 is 0 Å². The van der Waals surface area contributed by atoms with Crippen molar-refractivity contribution in [3.05, 3.63) is 63.6 Å². The Kier molecular flexibility index (Phi) is 9.27. The van der Waals surface area contributed by atoms with Gasteiger partial charge in [-0.3, -0.25) is 13.9 Å². The van der Waals surface area contributed by atoms with Crippen molar-refractivity contribution in [2.75, 3.05) is 17.1 Å². The van der Waals surface area contributed by atoms with Gasteiger partial charge in [0.25, 0.3) is 0 Å². The van der Waals surface area contributed by atoms with Crippen molar-refractivity contribution < 1.29 is 26.8 Å². The highest BCUT2D eigenvalue weighted by atomic mass is 35.5. The number of hydrogen-bond acceptors (Lipinski definition) is 4. The molecule has 0 saturated carbocycles. The average molecular weight is 536 g/mol. The molecule has 0 aliphatic rings. The molecule has 2 aromatic carbocycles. The van der Waals surface area contributed by atoms with Gasteiger partial charge in [-0.15, -0.1) is 0 Å². The van der Waals surface area contributed by atoms with Gasteiger partial charge in [-0.25, -0.2) is 17.2 Å². The highest BCUT2D eigenvalue weighted by Crippen LogP contribution is 2.25. The molecule has 0 saturated heterocycles. The smallest absolute Gasteiger partial charge is 0.244 e. The predicted molar refractivity (Wildman–Crippen MR) is 128 cm³/mol. The van der Waals surface area contributed by atoms with E-state index in [2.05, 4.69) is 5.32 Å². The summed E-state index contributed by atoms with van der Waals surface area (Å²) in [5.41, 5.74) is 0.237. The summed E-state index contributed by atoms with van der Waals surface area (Å²) in [6, 6.07) is 5.90. The standard InChI is InChI=1S/C22H25Cl2F2N3O4S/c1-13(2)27-22(31)14(3)28(11-15-5-6-16(23)9-18(15)24)21(30)12-29(34(4,32)33)17-7-8-19(25)20(26)10-17/h5-10,13-14H,11-12H2,1-4H3,(H,27,31). The third-order valence-corrected chi connectivity index (χ3v) is 6.55. The number of halogens is 4. The van der Waals surface area contributed by atoms with Gasteiger partial charge in [0, 0.05) is 28.7 Å². The predicted octanol–water partition coefficient (Wildman–Crippen LogP) is 3.98. The Labute approximate surface area is 207 Å². The van der Waals surface area contributed by atoms with Gasteiger partial charge in [0.1, 0.15) is 12.6 Å². The van der Waals surface area contributed by atoms with Crippen molar-refractivity contribution in [1.29, 1.82) is 0 Å². The maximum Gasteiger partial charge on any atom is 0.244 e. The number of amides is 2. The molecule has 0 aliphatic carbocycles. The molecule has 2 amide bonds. The first-order valence-electron chi connectivity index (χ1n) is 10.2. The number of sulfonamides is 1. The van der Waals surface area contributed by atoms with Crippen LogP contribution in [0.1, 0.15) is 26.3 Å². The molecule has 2 rings (SSSR count). The fourth-order valence-electron chi connectivity index (χ4n) is 3.08. The number of nitrogens with one attached hydrogen (secondary N) is 1. The second-order valence-electron chi connectivity index (χ2n) is 7.96. The van der Waals surface area contributed by atoms with Gasteiger partial charge in [0.05, 0.1) is 11.9 Å². The summed E-state index contributed by atoms with van der Waals surface area (Å²) in [4.78, 5) is 27.2. The first-order chi connectivity index (χ1) is 15.7. The highest BCUT2D eigenvalue weighted by Gasteiger charge is 2.31. The van der Waals surface area contributed by atoms with Crippen LogP contribution in [0.25, 0.3) is 0 Å². The van der Waals surface area contributed by atoms with Crippen molar-refractivity contribution in [3.8, 4) is 0 Å². The van der Waals surface area contributed by atoms with Gasteiger partial charge in [-0.2, -0.15) is 0 Å². The molecule has 0 fully saturated rings. The van der Waals surface area contributed by atoms with Gasteiger partial charge in [0.2, 0.25) is 21.8 Å². The molecular weight excluding hydrogens is 511 g/mol. The Morgan fingerprint density at radius 1 is 1.03 bits per heavy atom. The topological polar surface area (TPSA) is 86.8 Å². The van der Waals surface area contributed by atoms with Crippen molar-refractivity contribution in [2.45, 2.75) is 39.4 Å². The van der Waals surface area contributed by atoms with E-state index in [1.807, 2.05) is 0 Å². The molecule has 0 aliphatic heterocycles. The monoisotopic (exact) mass is 535 g/mol. The van der Waals surface area contributed by atoms with Gasteiger partial charge < -0.3 is 10.2 Å². The lowest BCUT2D eigenvalue weighted by atomic mass is 10.1. The Hall–Kier alpha value is -2.43. The summed E-state index contributed by atoms with van der Waals surface area (Å²) >= 11 is 12.2. The van der Waals surface area contributed by atoms with E-state index in [9.17, 15) is 26.8 Å². The van der Waals surface area contributed by atoms with Crippen LogP contribution < -0.4 is 9.62 Å². The minimum absolute atomic E-state index is 0.128. The molecule has 7 nitrogen and oxygen atoms in total. The van der Waals surface area contributed by atoms with Crippen LogP contribution in [-0.2, 0) is 26.2 Å². The maximum absolute atomic E-state index is 13.8. The molecule has 0 radical (unpaired) electrons. The normalized spacial score (nSPS) is 12.4. The van der Waals surface area contributed by atoms with Crippen LogP contribution in [0.15, 0.2) is 36.4 Å². The van der Waals surface area contributed by atoms with Crippen LogP contribution in [-0.4, -0.2) is 50.0 Å². The van der Waals surface area contributed by atoms with E-state index >= 15 is 0 Å². The van der Waals surface area contributed by atoms with E-state index in [1.165, 1.54) is 13.0 Å². The van der Waals surface area contributed by atoms with Crippen molar-refractivity contribution in [2.24, 2.45) is 0 Å². The van der Waals surface area contributed by atoms with Crippen LogP contribution in [0.5, 0.6) is 0 Å². The second-order valence-corrected chi connectivity index (χ2v) is 10.7. The van der Waals surface area contributed by atoms with Gasteiger partial charge in [0.15, 0.2) is 11.6 Å². The molecule has 2 aromatic rings. The zero-order chi connectivity index (χ0) is 25.8. The minimum atomic E-state index is -4.08. The fourth-order valence-corrected chi connectivity index (χ4v) is 4.38. The summed E-state index contributed by atoms with van der Waals surface area (Å²) in [6.07, 6.45) is 0.830. The second kappa shape index (κ2) is 11.3. The summed E-state index contributed by atoms with van der Waals surface area (Å²) < 4.78 is 52.6. The molecule has 0 bridgehead atoms. The molecule has 34 heavy (non-hydrogen) atoms. The summed E-state index contributed by atoms with van der Waals surface area (Å²) in [5.74, 6) is -3.66. The summed E-state index contributed by atoms with van der Waals surface area (Å²) in [6.45, 7) is 4.11. The quantitative estimate of drug-likeness (QED) is 0.526. The molecule has 0 aromatic heterocycles. The Balaban J connectivity index is 2.44. The third kappa shape index (κ3) is 7.28. The maximum atomic E-state index is 13.8. The van der Waals surface area contributed by atoms with E-state index in [0.717, 1.165) is 23.3 Å². The number of carbonyl (C=O) groups excluding carboxylic acids is 2. The van der Waals surface area contributed by atoms with E-state index < -0.39 is 46.1 Å². The number of anilines is 1. The number of benzene rings is 2. The lowest BCUT2D eigenvalue weighted by Gasteiger charge is -2.32. The first kappa shape index (κ1) is 27.8. The van der Waals surface area contributed by atoms with Crippen molar-refractivity contribution >= 4 is 50.7 Å². The zero-order valence-corrected chi connectivity index (χ0v) is 21.3. The largest absolute Gasteiger partial charge is 0.352 e. The number of nitrogens with zero attached hydrogens (tertiary/aromatic N) is 2. The van der Waals surface area contributed by atoms with Crippen LogP contribution in [0.3, 0.4) is 0 Å². The number of carbonyl (C=O) groups is 2. The average Bonchev–Trinajstić information content (AvgIpc) is 2.71. The molecule has 12 heteroatoms. The third-order valence-electron chi connectivity index (χ3n) is 4.82. The summed E-state index contributed by atoms with van der Waals surface area (Å²) in [5, 5.41) is 3.33. The van der Waals surface area contributed by atoms with Crippen LogP contribution in [0.2, 0.25) is 10.0 Å². The van der Waals surface area contributed by atoms with Gasteiger partial charge in [-0.05, 0) is 50.6 Å². The Morgan fingerprint density at radius 3 is 2.21 bits per heavy atom. The number of hydrogen-bond donors (Lipinski definition) is 1. The Morgan fingerprint density at radius 2 is 1.68 bits per heavy atom.